The van der Waals surface area contributed by atoms with Crippen molar-refractivity contribution < 1.29 is 9.53 Å². The van der Waals surface area contributed by atoms with Crippen molar-refractivity contribution in [2.24, 2.45) is 0 Å². The number of piperazine rings is 1. The Bertz CT molecular complexity index is 708. The first kappa shape index (κ1) is 18.1. The molecule has 2 aromatic rings. The smallest absolute Gasteiger partial charge is 0.317 e. The predicted octanol–water partition coefficient (Wildman–Crippen LogP) is 0.908. The van der Waals surface area contributed by atoms with Crippen LogP contribution in [-0.2, 0) is 6.54 Å². The molecular weight excluding hydrogens is 334 g/mol. The van der Waals surface area contributed by atoms with Crippen LogP contribution < -0.4 is 10.1 Å². The van der Waals surface area contributed by atoms with Gasteiger partial charge in [0.2, 0.25) is 0 Å². The number of aromatic nitrogens is 4. The van der Waals surface area contributed by atoms with Gasteiger partial charge in [0.25, 0.3) is 0 Å². The first-order valence-electron chi connectivity index (χ1n) is 8.97. The third-order valence-electron chi connectivity index (χ3n) is 4.28. The lowest BCUT2D eigenvalue weighted by atomic mass is 10.3. The average molecular weight is 359 g/mol. The van der Waals surface area contributed by atoms with E-state index in [0.29, 0.717) is 32.8 Å². The van der Waals surface area contributed by atoms with Gasteiger partial charge < -0.3 is 15.0 Å². The molecule has 140 valence electrons. The first-order chi connectivity index (χ1) is 12.7. The molecule has 1 aromatic heterocycles. The Morgan fingerprint density at radius 1 is 1.15 bits per heavy atom. The van der Waals surface area contributed by atoms with Gasteiger partial charge in [0.15, 0.2) is 5.82 Å². The molecule has 9 nitrogen and oxygen atoms in total. The van der Waals surface area contributed by atoms with Gasteiger partial charge in [-0.15, -0.1) is 5.10 Å². The minimum Gasteiger partial charge on any atom is -0.494 e. The topological polar surface area (TPSA) is 88.4 Å². The average Bonchev–Trinajstić information content (AvgIpc) is 3.11. The molecule has 3 rings (SSSR count). The molecule has 0 radical (unpaired) electrons. The number of ether oxygens (including phenoxy) is 1. The second kappa shape index (κ2) is 8.61. The predicted molar refractivity (Wildman–Crippen MR) is 96.2 cm³/mol. The fourth-order valence-corrected chi connectivity index (χ4v) is 2.93. The van der Waals surface area contributed by atoms with Crippen LogP contribution in [0.5, 0.6) is 5.75 Å². The summed E-state index contributed by atoms with van der Waals surface area (Å²) in [5.41, 5.74) is 0.898. The summed E-state index contributed by atoms with van der Waals surface area (Å²) in [6, 6.07) is 7.71. The Morgan fingerprint density at radius 2 is 1.88 bits per heavy atom. The van der Waals surface area contributed by atoms with E-state index in [1.807, 2.05) is 43.0 Å². The lowest BCUT2D eigenvalue weighted by Crippen LogP contribution is -2.51. The van der Waals surface area contributed by atoms with Gasteiger partial charge in [-0.25, -0.2) is 4.79 Å². The van der Waals surface area contributed by atoms with E-state index in [0.717, 1.165) is 30.4 Å². The number of nitrogens with one attached hydrogen (secondary N) is 1. The van der Waals surface area contributed by atoms with Crippen molar-refractivity contribution in [1.82, 2.24) is 35.3 Å². The van der Waals surface area contributed by atoms with Crippen molar-refractivity contribution >= 4 is 6.03 Å². The Morgan fingerprint density at radius 3 is 2.54 bits per heavy atom. The Kier molecular flexibility index (Phi) is 6.00. The first-order valence-corrected chi connectivity index (χ1v) is 8.97. The molecule has 1 saturated heterocycles. The van der Waals surface area contributed by atoms with Gasteiger partial charge in [-0.05, 0) is 48.5 Å². The van der Waals surface area contributed by atoms with Gasteiger partial charge in [-0.3, -0.25) is 4.90 Å². The van der Waals surface area contributed by atoms with Gasteiger partial charge in [-0.2, -0.15) is 4.68 Å². The van der Waals surface area contributed by atoms with Crippen molar-refractivity contribution in [1.29, 1.82) is 0 Å². The van der Waals surface area contributed by atoms with Crippen molar-refractivity contribution in [2.45, 2.75) is 20.4 Å². The van der Waals surface area contributed by atoms with E-state index >= 15 is 0 Å². The molecular formula is C17H25N7O2. The number of carbonyl (C=O) groups is 1. The monoisotopic (exact) mass is 359 g/mol. The molecule has 0 atom stereocenters. The third kappa shape index (κ3) is 4.29. The van der Waals surface area contributed by atoms with Crippen LogP contribution in [0.1, 0.15) is 19.7 Å². The molecule has 1 fully saturated rings. The molecule has 2 amide bonds. The van der Waals surface area contributed by atoms with Gasteiger partial charge in [0, 0.05) is 32.7 Å². The second-order valence-electron chi connectivity index (χ2n) is 6.03. The Labute approximate surface area is 152 Å². The Hall–Kier alpha value is -2.68. The summed E-state index contributed by atoms with van der Waals surface area (Å²) in [7, 11) is 0. The van der Waals surface area contributed by atoms with Crippen LogP contribution in [0.3, 0.4) is 0 Å². The number of nitrogens with zero attached hydrogens (tertiary/aromatic N) is 6. The van der Waals surface area contributed by atoms with Crippen LogP contribution in [0.15, 0.2) is 24.3 Å². The number of urea groups is 1. The van der Waals surface area contributed by atoms with Crippen molar-refractivity contribution in [3.8, 4) is 11.4 Å². The normalized spacial score (nSPS) is 15.1. The fraction of sp³-hybridized carbons (Fsp3) is 0.529. The Balaban J connectivity index is 1.60. The van der Waals surface area contributed by atoms with Gasteiger partial charge in [0.1, 0.15) is 5.75 Å². The molecule has 0 aliphatic carbocycles. The minimum absolute atomic E-state index is 0.00590. The van der Waals surface area contributed by atoms with E-state index in [1.54, 1.807) is 4.68 Å². The molecule has 1 aliphatic rings. The highest BCUT2D eigenvalue weighted by Gasteiger charge is 2.22. The molecule has 1 aliphatic heterocycles. The molecule has 0 unspecified atom stereocenters. The maximum Gasteiger partial charge on any atom is 0.317 e. The number of rotatable bonds is 6. The van der Waals surface area contributed by atoms with E-state index in [-0.39, 0.29) is 6.03 Å². The van der Waals surface area contributed by atoms with E-state index in [4.69, 9.17) is 4.74 Å². The molecule has 26 heavy (non-hydrogen) atoms. The third-order valence-corrected chi connectivity index (χ3v) is 4.28. The van der Waals surface area contributed by atoms with Crippen LogP contribution in [-0.4, -0.2) is 75.4 Å². The maximum atomic E-state index is 11.9. The lowest BCUT2D eigenvalue weighted by molar-refractivity contribution is 0.133. The summed E-state index contributed by atoms with van der Waals surface area (Å²) in [5.74, 6) is 1.60. The summed E-state index contributed by atoms with van der Waals surface area (Å²) in [5, 5.41) is 14.9. The number of hydrogen-bond acceptors (Lipinski definition) is 6. The molecule has 2 heterocycles. The minimum atomic E-state index is 0.00590. The summed E-state index contributed by atoms with van der Waals surface area (Å²) in [6.45, 7) is 8.82. The van der Waals surface area contributed by atoms with E-state index in [2.05, 4.69) is 25.7 Å². The summed E-state index contributed by atoms with van der Waals surface area (Å²) < 4.78 is 7.21. The molecule has 0 bridgehead atoms. The quantitative estimate of drug-likeness (QED) is 0.825. The zero-order chi connectivity index (χ0) is 18.4. The highest BCUT2D eigenvalue weighted by Crippen LogP contribution is 2.16. The van der Waals surface area contributed by atoms with E-state index in [9.17, 15) is 4.79 Å². The van der Waals surface area contributed by atoms with Crippen molar-refractivity contribution in [3.05, 3.63) is 30.1 Å². The number of benzene rings is 1. The highest BCUT2D eigenvalue weighted by molar-refractivity contribution is 5.74. The van der Waals surface area contributed by atoms with Crippen LogP contribution in [0.4, 0.5) is 4.79 Å². The van der Waals surface area contributed by atoms with Gasteiger partial charge in [0.05, 0.1) is 18.8 Å². The standard InChI is InChI=1S/C17H25N7O2/c1-3-18-17(25)23-11-9-22(10-12-23)13-16-19-20-21-24(16)14-5-7-15(8-6-14)26-4-2/h5-8H,3-4,9-13H2,1-2H3,(H,18,25). The van der Waals surface area contributed by atoms with Crippen molar-refractivity contribution in [3.63, 3.8) is 0 Å². The number of hydrogen-bond donors (Lipinski definition) is 1. The van der Waals surface area contributed by atoms with Crippen molar-refractivity contribution in [2.75, 3.05) is 39.3 Å². The SMILES string of the molecule is CCNC(=O)N1CCN(Cc2nnnn2-c2ccc(OCC)cc2)CC1. The zero-order valence-corrected chi connectivity index (χ0v) is 15.3. The highest BCUT2D eigenvalue weighted by atomic mass is 16.5. The van der Waals surface area contributed by atoms with Crippen LogP contribution in [0, 0.1) is 0 Å². The van der Waals surface area contributed by atoms with Gasteiger partial charge in [-0.1, -0.05) is 0 Å². The summed E-state index contributed by atoms with van der Waals surface area (Å²) in [4.78, 5) is 16.0. The fourth-order valence-electron chi connectivity index (χ4n) is 2.93. The summed E-state index contributed by atoms with van der Waals surface area (Å²) in [6.07, 6.45) is 0. The lowest BCUT2D eigenvalue weighted by Gasteiger charge is -2.34. The molecule has 1 aromatic carbocycles. The molecule has 9 heteroatoms. The maximum absolute atomic E-state index is 11.9. The number of tetrazole rings is 1. The number of carbonyl (C=O) groups excluding carboxylic acids is 1. The van der Waals surface area contributed by atoms with Crippen LogP contribution in [0.2, 0.25) is 0 Å². The molecule has 1 N–H and O–H groups in total. The van der Waals surface area contributed by atoms with Gasteiger partial charge >= 0.3 is 6.03 Å². The number of amides is 2. The molecule has 0 saturated carbocycles. The summed E-state index contributed by atoms with van der Waals surface area (Å²) >= 11 is 0. The van der Waals surface area contributed by atoms with E-state index in [1.165, 1.54) is 0 Å². The largest absolute Gasteiger partial charge is 0.494 e. The van der Waals surface area contributed by atoms with E-state index < -0.39 is 0 Å². The zero-order valence-electron chi connectivity index (χ0n) is 15.3. The molecule has 0 spiro atoms. The second-order valence-corrected chi connectivity index (χ2v) is 6.03. The van der Waals surface area contributed by atoms with Crippen LogP contribution >= 0.6 is 0 Å². The van der Waals surface area contributed by atoms with Crippen LogP contribution in [0.25, 0.3) is 5.69 Å².